The highest BCUT2D eigenvalue weighted by molar-refractivity contribution is 5.96. The van der Waals surface area contributed by atoms with Gasteiger partial charge in [-0.2, -0.15) is 13.2 Å². The molecule has 0 unspecified atom stereocenters. The molecular formula is C27H24F3N3O. The second kappa shape index (κ2) is 8.31. The summed E-state index contributed by atoms with van der Waals surface area (Å²) in [6, 6.07) is 19.1. The van der Waals surface area contributed by atoms with Gasteiger partial charge in [0.2, 0.25) is 5.91 Å². The summed E-state index contributed by atoms with van der Waals surface area (Å²) in [6.07, 6.45) is -4.26. The zero-order chi connectivity index (χ0) is 24.0. The molecule has 1 aliphatic rings. The van der Waals surface area contributed by atoms with Crippen molar-refractivity contribution in [3.63, 3.8) is 0 Å². The minimum absolute atomic E-state index is 0.199. The molecule has 1 saturated heterocycles. The molecule has 0 bridgehead atoms. The van der Waals surface area contributed by atoms with Crippen LogP contribution in [0.15, 0.2) is 66.7 Å². The third-order valence-electron chi connectivity index (χ3n) is 6.49. The van der Waals surface area contributed by atoms with Crippen LogP contribution in [0.25, 0.3) is 11.0 Å². The number of carbonyl (C=O) groups excluding carboxylic acids is 1. The average molecular weight is 464 g/mol. The molecule has 4 nitrogen and oxygen atoms in total. The highest BCUT2D eigenvalue weighted by Gasteiger charge is 2.36. The van der Waals surface area contributed by atoms with Gasteiger partial charge in [-0.25, -0.2) is 4.98 Å². The molecule has 4 aromatic rings. The quantitative estimate of drug-likeness (QED) is 0.359. The third kappa shape index (κ3) is 4.06. The summed E-state index contributed by atoms with van der Waals surface area (Å²) in [5, 5.41) is 0. The van der Waals surface area contributed by atoms with Crippen LogP contribution in [0.5, 0.6) is 0 Å². The van der Waals surface area contributed by atoms with Crippen LogP contribution in [-0.2, 0) is 17.5 Å². The molecule has 0 N–H and O–H groups in total. The van der Waals surface area contributed by atoms with Crippen LogP contribution in [0.4, 0.5) is 18.9 Å². The summed E-state index contributed by atoms with van der Waals surface area (Å²) < 4.78 is 41.8. The number of rotatable bonds is 4. The molecule has 2 heterocycles. The molecule has 0 spiro atoms. The lowest BCUT2D eigenvalue weighted by Crippen LogP contribution is -2.25. The number of nitrogens with zero attached hydrogens (tertiary/aromatic N) is 3. The van der Waals surface area contributed by atoms with E-state index >= 15 is 0 Å². The molecule has 0 saturated carbocycles. The lowest BCUT2D eigenvalue weighted by molar-refractivity contribution is -0.137. The largest absolute Gasteiger partial charge is 0.416 e. The molecule has 1 fully saturated rings. The zero-order valence-corrected chi connectivity index (χ0v) is 18.9. The number of amides is 1. The molecule has 0 aliphatic carbocycles. The molecule has 1 amide bonds. The van der Waals surface area contributed by atoms with E-state index in [1.165, 1.54) is 27.7 Å². The number of aromatic nitrogens is 2. The maximum absolute atomic E-state index is 13.2. The molecule has 174 valence electrons. The van der Waals surface area contributed by atoms with Gasteiger partial charge in [0.15, 0.2) is 0 Å². The Morgan fingerprint density at radius 1 is 1.00 bits per heavy atom. The molecule has 1 aromatic heterocycles. The number of imidazole rings is 1. The highest BCUT2D eigenvalue weighted by Crippen LogP contribution is 2.36. The predicted octanol–water partition coefficient (Wildman–Crippen LogP) is 6.24. The van der Waals surface area contributed by atoms with Gasteiger partial charge < -0.3 is 9.47 Å². The maximum atomic E-state index is 13.2. The Balaban J connectivity index is 1.52. The highest BCUT2D eigenvalue weighted by atomic mass is 19.4. The first-order valence-electron chi connectivity index (χ1n) is 11.2. The first-order valence-corrected chi connectivity index (χ1v) is 11.2. The molecule has 34 heavy (non-hydrogen) atoms. The number of para-hydroxylation sites is 2. The molecule has 1 aliphatic heterocycles. The van der Waals surface area contributed by atoms with Crippen molar-refractivity contribution >= 4 is 22.6 Å². The zero-order valence-electron chi connectivity index (χ0n) is 18.9. The van der Waals surface area contributed by atoms with Gasteiger partial charge in [0.1, 0.15) is 5.82 Å². The van der Waals surface area contributed by atoms with Crippen molar-refractivity contribution in [2.24, 2.45) is 0 Å². The van der Waals surface area contributed by atoms with Crippen LogP contribution in [0, 0.1) is 13.8 Å². The van der Waals surface area contributed by atoms with E-state index in [1.807, 2.05) is 24.3 Å². The van der Waals surface area contributed by atoms with Gasteiger partial charge in [-0.15, -0.1) is 0 Å². The summed E-state index contributed by atoms with van der Waals surface area (Å²) in [7, 11) is 0. The predicted molar refractivity (Wildman–Crippen MR) is 126 cm³/mol. The number of halogens is 3. The van der Waals surface area contributed by atoms with E-state index in [0.717, 1.165) is 29.0 Å². The lowest BCUT2D eigenvalue weighted by Gasteiger charge is -2.19. The number of hydrogen-bond donors (Lipinski definition) is 0. The Bertz CT molecular complexity index is 1390. The third-order valence-corrected chi connectivity index (χ3v) is 6.49. The van der Waals surface area contributed by atoms with Crippen LogP contribution < -0.4 is 4.90 Å². The van der Waals surface area contributed by atoms with Crippen molar-refractivity contribution < 1.29 is 18.0 Å². The standard InChI is InChI=1S/C27H24F3N3O/c1-17-10-11-18(2)19(12-17)15-33-24-9-4-3-8-23(24)31-26(33)20-13-25(34)32(16-20)22-7-5-6-21(14-22)27(28,29)30/h3-12,14,20H,13,15-16H2,1-2H3/t20-/m0/s1. The Morgan fingerprint density at radius 3 is 2.59 bits per heavy atom. The molecule has 3 aromatic carbocycles. The van der Waals surface area contributed by atoms with Crippen molar-refractivity contribution in [1.29, 1.82) is 0 Å². The number of alkyl halides is 3. The van der Waals surface area contributed by atoms with Crippen LogP contribution >= 0.6 is 0 Å². The van der Waals surface area contributed by atoms with E-state index in [1.54, 1.807) is 6.07 Å². The summed E-state index contributed by atoms with van der Waals surface area (Å²) in [4.78, 5) is 19.2. The van der Waals surface area contributed by atoms with Crippen LogP contribution in [0.2, 0.25) is 0 Å². The Morgan fingerprint density at radius 2 is 1.79 bits per heavy atom. The Kier molecular flexibility index (Phi) is 5.42. The first kappa shape index (κ1) is 22.2. The van der Waals surface area contributed by atoms with Gasteiger partial charge in [0.25, 0.3) is 0 Å². The lowest BCUT2D eigenvalue weighted by atomic mass is 10.0. The van der Waals surface area contributed by atoms with Gasteiger partial charge in [-0.1, -0.05) is 42.0 Å². The molecule has 7 heteroatoms. The normalized spacial score (nSPS) is 16.6. The van der Waals surface area contributed by atoms with Gasteiger partial charge in [0.05, 0.1) is 16.6 Å². The number of benzene rings is 3. The average Bonchev–Trinajstić information content (AvgIpc) is 3.36. The molecular weight excluding hydrogens is 439 g/mol. The van der Waals surface area contributed by atoms with E-state index < -0.39 is 11.7 Å². The molecule has 1 atom stereocenters. The van der Waals surface area contributed by atoms with Gasteiger partial charge in [-0.3, -0.25) is 4.79 Å². The number of aryl methyl sites for hydroxylation is 2. The van der Waals surface area contributed by atoms with Gasteiger partial charge in [0, 0.05) is 31.1 Å². The SMILES string of the molecule is Cc1ccc(C)c(Cn2c([C@H]3CC(=O)N(c4cccc(C(F)(F)F)c4)C3)nc3ccccc32)c1. The number of fused-ring (bicyclic) bond motifs is 1. The van der Waals surface area contributed by atoms with E-state index in [9.17, 15) is 18.0 Å². The van der Waals surface area contributed by atoms with Crippen LogP contribution in [-0.4, -0.2) is 22.0 Å². The molecule has 5 rings (SSSR count). The van der Waals surface area contributed by atoms with Crippen molar-refractivity contribution in [2.45, 2.75) is 38.9 Å². The fraction of sp³-hybridized carbons (Fsp3) is 0.259. The van der Waals surface area contributed by atoms with E-state index in [2.05, 4.69) is 36.6 Å². The van der Waals surface area contributed by atoms with Gasteiger partial charge >= 0.3 is 6.18 Å². The number of hydrogen-bond acceptors (Lipinski definition) is 2. The Hall–Kier alpha value is -3.61. The second-order valence-electron chi connectivity index (χ2n) is 8.93. The summed E-state index contributed by atoms with van der Waals surface area (Å²) in [5.74, 6) is 0.360. The minimum atomic E-state index is -4.46. The van der Waals surface area contributed by atoms with Crippen LogP contribution in [0.3, 0.4) is 0 Å². The van der Waals surface area contributed by atoms with Crippen molar-refractivity contribution in [3.8, 4) is 0 Å². The van der Waals surface area contributed by atoms with E-state index in [4.69, 9.17) is 4.98 Å². The van der Waals surface area contributed by atoms with Crippen molar-refractivity contribution in [3.05, 3.63) is 94.8 Å². The van der Waals surface area contributed by atoms with E-state index in [0.29, 0.717) is 6.54 Å². The topological polar surface area (TPSA) is 38.1 Å². The second-order valence-corrected chi connectivity index (χ2v) is 8.93. The van der Waals surface area contributed by atoms with Crippen molar-refractivity contribution in [2.75, 3.05) is 11.4 Å². The molecule has 0 radical (unpaired) electrons. The first-order chi connectivity index (χ1) is 16.2. The smallest absolute Gasteiger partial charge is 0.323 e. The number of anilines is 1. The monoisotopic (exact) mass is 463 g/mol. The van der Waals surface area contributed by atoms with Gasteiger partial charge in [-0.05, 0) is 55.3 Å². The summed E-state index contributed by atoms with van der Waals surface area (Å²) in [6.45, 7) is 5.02. The van der Waals surface area contributed by atoms with E-state index in [-0.39, 0.29) is 30.5 Å². The number of carbonyl (C=O) groups is 1. The summed E-state index contributed by atoms with van der Waals surface area (Å²) >= 11 is 0. The fourth-order valence-corrected chi connectivity index (χ4v) is 4.69. The summed E-state index contributed by atoms with van der Waals surface area (Å²) in [5.41, 5.74) is 4.82. The van der Waals surface area contributed by atoms with Crippen LogP contribution in [0.1, 0.15) is 40.4 Å². The maximum Gasteiger partial charge on any atom is 0.416 e. The fourth-order valence-electron chi connectivity index (χ4n) is 4.69. The minimum Gasteiger partial charge on any atom is -0.323 e. The Labute approximate surface area is 195 Å². The van der Waals surface area contributed by atoms with Crippen molar-refractivity contribution in [1.82, 2.24) is 9.55 Å².